The van der Waals surface area contributed by atoms with Crippen LogP contribution in [-0.4, -0.2) is 26.7 Å². The molecule has 0 aliphatic heterocycles. The van der Waals surface area contributed by atoms with Crippen molar-refractivity contribution in [3.8, 4) is 11.5 Å². The van der Waals surface area contributed by atoms with Gasteiger partial charge in [0.2, 0.25) is 5.91 Å². The van der Waals surface area contributed by atoms with Gasteiger partial charge in [0.25, 0.3) is 0 Å². The van der Waals surface area contributed by atoms with Gasteiger partial charge in [-0.2, -0.15) is 0 Å². The second-order valence-corrected chi connectivity index (χ2v) is 6.31. The Balaban J connectivity index is 2.93. The third-order valence-electron chi connectivity index (χ3n) is 3.74. The Hall–Kier alpha value is -1.71. The molecule has 0 spiro atoms. The molecule has 1 unspecified atom stereocenters. The molecule has 1 atom stereocenters. The van der Waals surface area contributed by atoms with Gasteiger partial charge in [0.15, 0.2) is 11.5 Å². The van der Waals surface area contributed by atoms with Crippen molar-refractivity contribution in [3.05, 3.63) is 23.8 Å². The lowest BCUT2D eigenvalue weighted by molar-refractivity contribution is -0.123. The molecule has 1 N–H and O–H groups in total. The topological polar surface area (TPSA) is 47.6 Å². The van der Waals surface area contributed by atoms with E-state index in [1.165, 1.54) is 0 Å². The van der Waals surface area contributed by atoms with Gasteiger partial charge in [-0.3, -0.25) is 4.79 Å². The number of nitrogens with one attached hydrogen (secondary N) is 1. The largest absolute Gasteiger partial charge is 0.493 e. The second kappa shape index (κ2) is 8.66. The van der Waals surface area contributed by atoms with Gasteiger partial charge in [-0.25, -0.2) is 0 Å². The fraction of sp³-hybridized carbons (Fsp3) is 0.611. The Morgan fingerprint density at radius 1 is 1.09 bits per heavy atom. The number of hydrogen-bond donors (Lipinski definition) is 1. The molecule has 0 heterocycles. The molecule has 124 valence electrons. The first-order valence-electron chi connectivity index (χ1n) is 7.90. The minimum absolute atomic E-state index is 0.0721. The Morgan fingerprint density at radius 2 is 1.73 bits per heavy atom. The molecule has 0 radical (unpaired) electrons. The lowest BCUT2D eigenvalue weighted by Crippen LogP contribution is -2.33. The number of benzene rings is 1. The summed E-state index contributed by atoms with van der Waals surface area (Å²) in [5, 5.41) is 3.05. The predicted octanol–water partition coefficient (Wildman–Crippen LogP) is 3.61. The second-order valence-electron chi connectivity index (χ2n) is 6.31. The Kier molecular flexibility index (Phi) is 7.22. The molecule has 0 aromatic heterocycles. The Bertz CT molecular complexity index is 483. The smallest absolute Gasteiger partial charge is 0.227 e. The maximum Gasteiger partial charge on any atom is 0.227 e. The normalized spacial score (nSPS) is 12.4. The van der Waals surface area contributed by atoms with E-state index in [9.17, 15) is 4.79 Å². The molecule has 4 nitrogen and oxygen atoms in total. The van der Waals surface area contributed by atoms with Crippen LogP contribution in [0.4, 0.5) is 0 Å². The molecular weight excluding hydrogens is 278 g/mol. The van der Waals surface area contributed by atoms with E-state index in [2.05, 4.69) is 33.0 Å². The molecule has 0 fully saturated rings. The summed E-state index contributed by atoms with van der Waals surface area (Å²) >= 11 is 0. The van der Waals surface area contributed by atoms with Crippen molar-refractivity contribution >= 4 is 5.91 Å². The predicted molar refractivity (Wildman–Crippen MR) is 89.6 cm³/mol. The first-order chi connectivity index (χ1) is 10.4. The maximum absolute atomic E-state index is 12.5. The van der Waals surface area contributed by atoms with Gasteiger partial charge in [0.1, 0.15) is 0 Å². The van der Waals surface area contributed by atoms with E-state index in [0.29, 0.717) is 24.0 Å². The number of ether oxygens (including phenoxy) is 2. The summed E-state index contributed by atoms with van der Waals surface area (Å²) in [5.41, 5.74) is 0.953. The van der Waals surface area contributed by atoms with Crippen molar-refractivity contribution in [3.63, 3.8) is 0 Å². The zero-order valence-electron chi connectivity index (χ0n) is 14.6. The first kappa shape index (κ1) is 18.3. The highest BCUT2D eigenvalue weighted by Crippen LogP contribution is 2.33. The quantitative estimate of drug-likeness (QED) is 0.798. The summed E-state index contributed by atoms with van der Waals surface area (Å²) in [6, 6.07) is 5.69. The SMILES string of the molecule is COc1ccc(C(C(=O)NCCC(C)C)C(C)C)cc1OC. The molecule has 0 saturated heterocycles. The van der Waals surface area contributed by atoms with Gasteiger partial charge < -0.3 is 14.8 Å². The van der Waals surface area contributed by atoms with Gasteiger partial charge in [-0.15, -0.1) is 0 Å². The summed E-state index contributed by atoms with van der Waals surface area (Å²) in [5.74, 6) is 2.00. The average Bonchev–Trinajstić information content (AvgIpc) is 2.46. The third-order valence-corrected chi connectivity index (χ3v) is 3.74. The number of methoxy groups -OCH3 is 2. The molecular formula is C18H29NO3. The van der Waals surface area contributed by atoms with Crippen LogP contribution in [0, 0.1) is 11.8 Å². The average molecular weight is 307 g/mol. The summed E-state index contributed by atoms with van der Waals surface area (Å²) in [6.07, 6.45) is 0.989. The molecule has 1 amide bonds. The van der Waals surface area contributed by atoms with Crippen LogP contribution in [0.15, 0.2) is 18.2 Å². The highest BCUT2D eigenvalue weighted by Gasteiger charge is 2.25. The standard InChI is InChI=1S/C18H29NO3/c1-12(2)9-10-19-18(20)17(13(3)4)14-7-8-15(21-5)16(11-14)22-6/h7-8,11-13,17H,9-10H2,1-6H3,(H,19,20). The number of carbonyl (C=O) groups is 1. The molecule has 1 rings (SSSR count). The lowest BCUT2D eigenvalue weighted by atomic mass is 9.87. The summed E-state index contributed by atoms with van der Waals surface area (Å²) in [6.45, 7) is 9.14. The van der Waals surface area contributed by atoms with Gasteiger partial charge in [-0.05, 0) is 36.0 Å². The first-order valence-corrected chi connectivity index (χ1v) is 7.90. The monoisotopic (exact) mass is 307 g/mol. The highest BCUT2D eigenvalue weighted by molar-refractivity contribution is 5.84. The third kappa shape index (κ3) is 4.93. The summed E-state index contributed by atoms with van der Waals surface area (Å²) in [7, 11) is 3.21. The highest BCUT2D eigenvalue weighted by atomic mass is 16.5. The fourth-order valence-corrected chi connectivity index (χ4v) is 2.48. The van der Waals surface area contributed by atoms with Crippen molar-refractivity contribution in [2.24, 2.45) is 11.8 Å². The molecule has 4 heteroatoms. The van der Waals surface area contributed by atoms with E-state index in [1.807, 2.05) is 18.2 Å². The van der Waals surface area contributed by atoms with Crippen LogP contribution in [0.3, 0.4) is 0 Å². The van der Waals surface area contributed by atoms with Crippen molar-refractivity contribution < 1.29 is 14.3 Å². The van der Waals surface area contributed by atoms with E-state index in [0.717, 1.165) is 12.0 Å². The maximum atomic E-state index is 12.5. The van der Waals surface area contributed by atoms with E-state index in [4.69, 9.17) is 9.47 Å². The van der Waals surface area contributed by atoms with Crippen molar-refractivity contribution in [1.29, 1.82) is 0 Å². The number of amides is 1. The molecule has 0 aliphatic rings. The number of hydrogen-bond acceptors (Lipinski definition) is 3. The van der Waals surface area contributed by atoms with Crippen LogP contribution in [0.25, 0.3) is 0 Å². The zero-order chi connectivity index (χ0) is 16.7. The number of rotatable bonds is 8. The molecule has 22 heavy (non-hydrogen) atoms. The molecule has 1 aromatic rings. The van der Waals surface area contributed by atoms with Gasteiger partial charge in [0.05, 0.1) is 20.1 Å². The van der Waals surface area contributed by atoms with Gasteiger partial charge in [-0.1, -0.05) is 33.8 Å². The summed E-state index contributed by atoms with van der Waals surface area (Å²) < 4.78 is 10.6. The molecule has 0 aliphatic carbocycles. The van der Waals surface area contributed by atoms with Crippen LogP contribution in [0.2, 0.25) is 0 Å². The van der Waals surface area contributed by atoms with Crippen molar-refractivity contribution in [2.45, 2.75) is 40.0 Å². The van der Waals surface area contributed by atoms with E-state index in [-0.39, 0.29) is 17.7 Å². The fourth-order valence-electron chi connectivity index (χ4n) is 2.48. The van der Waals surface area contributed by atoms with Crippen molar-refractivity contribution in [1.82, 2.24) is 5.32 Å². The van der Waals surface area contributed by atoms with Crippen LogP contribution < -0.4 is 14.8 Å². The molecule has 1 aromatic carbocycles. The van der Waals surface area contributed by atoms with Crippen LogP contribution >= 0.6 is 0 Å². The number of carbonyl (C=O) groups excluding carboxylic acids is 1. The lowest BCUT2D eigenvalue weighted by Gasteiger charge is -2.22. The van der Waals surface area contributed by atoms with E-state index >= 15 is 0 Å². The van der Waals surface area contributed by atoms with Crippen LogP contribution in [-0.2, 0) is 4.79 Å². The van der Waals surface area contributed by atoms with E-state index < -0.39 is 0 Å². The van der Waals surface area contributed by atoms with E-state index in [1.54, 1.807) is 14.2 Å². The van der Waals surface area contributed by atoms with Crippen LogP contribution in [0.1, 0.15) is 45.6 Å². The zero-order valence-corrected chi connectivity index (χ0v) is 14.6. The van der Waals surface area contributed by atoms with Gasteiger partial charge >= 0.3 is 0 Å². The Labute approximate surface area is 134 Å². The minimum atomic E-state index is -0.188. The van der Waals surface area contributed by atoms with Crippen LogP contribution in [0.5, 0.6) is 11.5 Å². The minimum Gasteiger partial charge on any atom is -0.493 e. The summed E-state index contributed by atoms with van der Waals surface area (Å²) in [4.78, 5) is 12.5. The molecule has 0 saturated carbocycles. The van der Waals surface area contributed by atoms with Gasteiger partial charge in [0, 0.05) is 6.54 Å². The Morgan fingerprint density at radius 3 is 2.23 bits per heavy atom. The molecule has 0 bridgehead atoms. The van der Waals surface area contributed by atoms with Crippen molar-refractivity contribution in [2.75, 3.05) is 20.8 Å².